The molecule has 0 aliphatic heterocycles. The van der Waals surface area contributed by atoms with Crippen LogP contribution in [0.1, 0.15) is 34.2 Å². The van der Waals surface area contributed by atoms with Crippen molar-refractivity contribution in [1.29, 1.82) is 0 Å². The molecule has 0 fully saturated rings. The summed E-state index contributed by atoms with van der Waals surface area (Å²) in [5.41, 5.74) is 2.81. The van der Waals surface area contributed by atoms with Gasteiger partial charge >= 0.3 is 0 Å². The summed E-state index contributed by atoms with van der Waals surface area (Å²) in [5.74, 6) is -0.573. The number of rotatable bonds is 8. The Labute approximate surface area is 198 Å². The number of nitrogens with zero attached hydrogens (tertiary/aromatic N) is 3. The summed E-state index contributed by atoms with van der Waals surface area (Å²) in [6.45, 7) is 6.52. The van der Waals surface area contributed by atoms with E-state index in [1.807, 2.05) is 37.5 Å². The summed E-state index contributed by atoms with van der Waals surface area (Å²) in [5, 5.41) is 14.4. The van der Waals surface area contributed by atoms with Gasteiger partial charge in [0.05, 0.1) is 17.9 Å². The van der Waals surface area contributed by atoms with E-state index in [4.69, 9.17) is 0 Å². The number of hydrogen-bond acceptors (Lipinski definition) is 5. The first-order valence-electron chi connectivity index (χ1n) is 9.95. The minimum atomic E-state index is -0.583. The lowest BCUT2D eigenvalue weighted by molar-refractivity contribution is -0.113. The van der Waals surface area contributed by atoms with Gasteiger partial charge in [-0.05, 0) is 56.2 Å². The Balaban J connectivity index is 1.60. The van der Waals surface area contributed by atoms with Crippen LogP contribution >= 0.6 is 27.7 Å². The summed E-state index contributed by atoms with van der Waals surface area (Å²) >= 11 is 4.75. The van der Waals surface area contributed by atoms with Crippen LogP contribution in [0.2, 0.25) is 0 Å². The molecule has 1 heterocycles. The normalized spacial score (nSPS) is 10.8. The van der Waals surface area contributed by atoms with Crippen LogP contribution in [0.3, 0.4) is 0 Å². The average molecular weight is 520 g/mol. The summed E-state index contributed by atoms with van der Waals surface area (Å²) in [6.07, 6.45) is 0. The van der Waals surface area contributed by atoms with E-state index < -0.39 is 11.7 Å². The van der Waals surface area contributed by atoms with Crippen molar-refractivity contribution in [1.82, 2.24) is 20.1 Å². The van der Waals surface area contributed by atoms with Crippen molar-refractivity contribution in [3.63, 3.8) is 0 Å². The van der Waals surface area contributed by atoms with Crippen LogP contribution in [0.4, 0.5) is 10.1 Å². The number of halogens is 2. The molecular weight excluding hydrogens is 497 g/mol. The molecule has 0 saturated carbocycles. The zero-order valence-electron chi connectivity index (χ0n) is 17.9. The molecule has 2 aromatic carbocycles. The average Bonchev–Trinajstić information content (AvgIpc) is 3.18. The number of anilines is 1. The van der Waals surface area contributed by atoms with Crippen molar-refractivity contribution < 1.29 is 14.0 Å². The van der Waals surface area contributed by atoms with Crippen molar-refractivity contribution in [3.8, 4) is 0 Å². The third kappa shape index (κ3) is 5.55. The van der Waals surface area contributed by atoms with E-state index >= 15 is 0 Å². The van der Waals surface area contributed by atoms with Gasteiger partial charge in [-0.3, -0.25) is 9.59 Å². The zero-order valence-corrected chi connectivity index (χ0v) is 20.3. The molecule has 0 saturated heterocycles. The molecule has 0 radical (unpaired) electrons. The van der Waals surface area contributed by atoms with E-state index in [0.29, 0.717) is 17.5 Å². The lowest BCUT2D eigenvalue weighted by atomic mass is 10.1. The molecule has 0 aliphatic carbocycles. The van der Waals surface area contributed by atoms with Gasteiger partial charge in [0, 0.05) is 16.7 Å². The predicted molar refractivity (Wildman–Crippen MR) is 126 cm³/mol. The Bertz CT molecular complexity index is 1150. The molecular formula is C22H23BrFN5O2S. The van der Waals surface area contributed by atoms with Gasteiger partial charge in [0.1, 0.15) is 5.82 Å². The second-order valence-electron chi connectivity index (χ2n) is 6.99. The highest BCUT2D eigenvalue weighted by molar-refractivity contribution is 9.10. The molecule has 0 atom stereocenters. The Hall–Kier alpha value is -2.72. The number of carbonyl (C=O) groups excluding carboxylic acids is 2. The first-order chi connectivity index (χ1) is 15.3. The number of carbonyl (C=O) groups is 2. The minimum absolute atomic E-state index is 0.0280. The molecule has 3 rings (SSSR count). The SMILES string of the molecule is CCn1c(CNC(=O)c2ccccc2F)nnc1SCC(=O)Nc1ccc(Br)c(C)c1C. The lowest BCUT2D eigenvalue weighted by Crippen LogP contribution is -2.25. The summed E-state index contributed by atoms with van der Waals surface area (Å²) in [7, 11) is 0. The first-order valence-corrected chi connectivity index (χ1v) is 11.7. The van der Waals surface area contributed by atoms with Gasteiger partial charge < -0.3 is 15.2 Å². The van der Waals surface area contributed by atoms with E-state index in [-0.39, 0.29) is 23.8 Å². The molecule has 168 valence electrons. The third-order valence-electron chi connectivity index (χ3n) is 4.96. The van der Waals surface area contributed by atoms with Crippen LogP contribution < -0.4 is 10.6 Å². The fourth-order valence-corrected chi connectivity index (χ4v) is 4.26. The summed E-state index contributed by atoms with van der Waals surface area (Å²) < 4.78 is 16.6. The van der Waals surface area contributed by atoms with E-state index in [1.54, 1.807) is 6.07 Å². The lowest BCUT2D eigenvalue weighted by Gasteiger charge is -2.12. The van der Waals surface area contributed by atoms with E-state index in [1.165, 1.54) is 30.0 Å². The summed E-state index contributed by atoms with van der Waals surface area (Å²) in [6, 6.07) is 9.55. The van der Waals surface area contributed by atoms with Gasteiger partial charge in [-0.25, -0.2) is 4.39 Å². The Morgan fingerprint density at radius 1 is 1.12 bits per heavy atom. The monoisotopic (exact) mass is 519 g/mol. The molecule has 32 heavy (non-hydrogen) atoms. The van der Waals surface area contributed by atoms with E-state index in [0.717, 1.165) is 21.3 Å². The Morgan fingerprint density at radius 3 is 2.59 bits per heavy atom. The number of thioether (sulfide) groups is 1. The van der Waals surface area contributed by atoms with Crippen LogP contribution in [-0.2, 0) is 17.9 Å². The number of amides is 2. The molecule has 1 aromatic heterocycles. The van der Waals surface area contributed by atoms with Gasteiger partial charge in [0.15, 0.2) is 11.0 Å². The zero-order chi connectivity index (χ0) is 23.3. The Kier molecular flexibility index (Phi) is 8.03. The number of benzene rings is 2. The molecule has 0 aliphatic rings. The maximum absolute atomic E-state index is 13.8. The van der Waals surface area contributed by atoms with Crippen LogP contribution in [0.15, 0.2) is 46.0 Å². The molecule has 0 bridgehead atoms. The van der Waals surface area contributed by atoms with Crippen LogP contribution in [0.5, 0.6) is 0 Å². The van der Waals surface area contributed by atoms with Gasteiger partial charge in [0.2, 0.25) is 5.91 Å². The molecule has 2 N–H and O–H groups in total. The minimum Gasteiger partial charge on any atom is -0.345 e. The number of aromatic nitrogens is 3. The Morgan fingerprint density at radius 2 is 1.88 bits per heavy atom. The fourth-order valence-electron chi connectivity index (χ4n) is 3.01. The van der Waals surface area contributed by atoms with Gasteiger partial charge in [-0.1, -0.05) is 39.8 Å². The molecule has 7 nitrogen and oxygen atoms in total. The molecule has 2 amide bonds. The fraction of sp³-hybridized carbons (Fsp3) is 0.273. The quantitative estimate of drug-likeness (QED) is 0.428. The highest BCUT2D eigenvalue weighted by atomic mass is 79.9. The van der Waals surface area contributed by atoms with Gasteiger partial charge in [-0.2, -0.15) is 0 Å². The van der Waals surface area contributed by atoms with E-state index in [9.17, 15) is 14.0 Å². The van der Waals surface area contributed by atoms with Crippen LogP contribution in [-0.4, -0.2) is 32.3 Å². The highest BCUT2D eigenvalue weighted by Gasteiger charge is 2.16. The van der Waals surface area contributed by atoms with Crippen molar-refractivity contribution in [3.05, 3.63) is 69.2 Å². The van der Waals surface area contributed by atoms with Crippen molar-refractivity contribution in [2.75, 3.05) is 11.1 Å². The maximum atomic E-state index is 13.8. The largest absolute Gasteiger partial charge is 0.345 e. The van der Waals surface area contributed by atoms with E-state index in [2.05, 4.69) is 36.8 Å². The standard InChI is InChI=1S/C22H23BrFN5O2S/c1-4-29-19(11-25-21(31)15-7-5-6-8-17(15)24)27-28-22(29)32-12-20(30)26-18-10-9-16(23)13(2)14(18)3/h5-10H,4,11-12H2,1-3H3,(H,25,31)(H,26,30). The second-order valence-corrected chi connectivity index (χ2v) is 8.78. The smallest absolute Gasteiger partial charge is 0.254 e. The predicted octanol–water partition coefficient (Wildman–Crippen LogP) is 4.48. The van der Waals surface area contributed by atoms with Crippen molar-refractivity contribution in [2.45, 2.75) is 39.0 Å². The second kappa shape index (κ2) is 10.7. The topological polar surface area (TPSA) is 88.9 Å². The third-order valence-corrected chi connectivity index (χ3v) is 6.79. The number of hydrogen-bond donors (Lipinski definition) is 2. The molecule has 10 heteroatoms. The van der Waals surface area contributed by atoms with Gasteiger partial charge in [-0.15, -0.1) is 10.2 Å². The van der Waals surface area contributed by atoms with Gasteiger partial charge in [0.25, 0.3) is 5.91 Å². The first kappa shape index (κ1) is 23.9. The molecule has 0 spiro atoms. The number of nitrogens with one attached hydrogen (secondary N) is 2. The molecule has 3 aromatic rings. The maximum Gasteiger partial charge on any atom is 0.254 e. The van der Waals surface area contributed by atoms with Crippen LogP contribution in [0, 0.1) is 19.7 Å². The molecule has 0 unspecified atom stereocenters. The van der Waals surface area contributed by atoms with Crippen molar-refractivity contribution in [2.24, 2.45) is 0 Å². The van der Waals surface area contributed by atoms with Crippen molar-refractivity contribution >= 4 is 45.2 Å². The highest BCUT2D eigenvalue weighted by Crippen LogP contribution is 2.26. The summed E-state index contributed by atoms with van der Waals surface area (Å²) in [4.78, 5) is 24.7. The van der Waals surface area contributed by atoms with Crippen LogP contribution in [0.25, 0.3) is 0 Å².